The van der Waals surface area contributed by atoms with Crippen LogP contribution < -0.4 is 0 Å². The average molecular weight is 323 g/mol. The van der Waals surface area contributed by atoms with Gasteiger partial charge in [-0.2, -0.15) is 0 Å². The van der Waals surface area contributed by atoms with Crippen molar-refractivity contribution in [3.8, 4) is 0 Å². The first-order valence-electron chi connectivity index (χ1n) is 5.91. The highest BCUT2D eigenvalue weighted by Crippen LogP contribution is 2.22. The molecular formula is C16H12Cl2OS. The number of allylic oxidation sites excluding steroid dienone is 1. The summed E-state index contributed by atoms with van der Waals surface area (Å²) in [5.41, 5.74) is 1.38. The summed E-state index contributed by atoms with van der Waals surface area (Å²) in [6.07, 6.45) is 5.18. The Labute approximate surface area is 132 Å². The molecule has 2 aromatic rings. The van der Waals surface area contributed by atoms with Gasteiger partial charge in [-0.3, -0.25) is 4.79 Å². The molecule has 20 heavy (non-hydrogen) atoms. The van der Waals surface area contributed by atoms with Crippen LogP contribution >= 0.6 is 35.0 Å². The number of carbonyl (C=O) groups excluding carboxylic acids is 1. The Bertz CT molecular complexity index is 648. The topological polar surface area (TPSA) is 17.1 Å². The smallest absolute Gasteiger partial charge is 0.185 e. The minimum Gasteiger partial charge on any atom is -0.289 e. The molecule has 0 fully saturated rings. The second-order valence-electron chi connectivity index (χ2n) is 4.09. The molecule has 102 valence electrons. The Kier molecular flexibility index (Phi) is 5.30. The molecular weight excluding hydrogens is 311 g/mol. The lowest BCUT2D eigenvalue weighted by atomic mass is 10.1. The van der Waals surface area contributed by atoms with Gasteiger partial charge < -0.3 is 0 Å². The van der Waals surface area contributed by atoms with E-state index in [1.807, 2.05) is 30.5 Å². The van der Waals surface area contributed by atoms with Crippen LogP contribution in [0.5, 0.6) is 0 Å². The summed E-state index contributed by atoms with van der Waals surface area (Å²) in [4.78, 5) is 13.2. The molecule has 0 saturated heterocycles. The first kappa shape index (κ1) is 15.2. The van der Waals surface area contributed by atoms with E-state index in [1.165, 1.54) is 6.08 Å². The van der Waals surface area contributed by atoms with E-state index < -0.39 is 0 Å². The van der Waals surface area contributed by atoms with Crippen LogP contribution in [0.1, 0.15) is 15.9 Å². The first-order chi connectivity index (χ1) is 9.60. The number of hydrogen-bond acceptors (Lipinski definition) is 2. The number of carbonyl (C=O) groups is 1. The summed E-state index contributed by atoms with van der Waals surface area (Å²) < 4.78 is 0. The number of thioether (sulfide) groups is 1. The number of halogens is 2. The standard InChI is InChI=1S/C16H12Cl2OS/c1-20-14-6-2-11(3-7-14)16(19)9-4-12-10-13(17)5-8-15(12)18/h2-10H,1H3/b9-4+. The summed E-state index contributed by atoms with van der Waals surface area (Å²) in [7, 11) is 0. The summed E-state index contributed by atoms with van der Waals surface area (Å²) in [5.74, 6) is -0.0614. The van der Waals surface area contributed by atoms with Gasteiger partial charge >= 0.3 is 0 Å². The van der Waals surface area contributed by atoms with Gasteiger partial charge in [-0.15, -0.1) is 11.8 Å². The Morgan fingerprint density at radius 2 is 1.80 bits per heavy atom. The predicted molar refractivity (Wildman–Crippen MR) is 88.0 cm³/mol. The molecule has 0 atom stereocenters. The molecule has 0 unspecified atom stereocenters. The highest BCUT2D eigenvalue weighted by molar-refractivity contribution is 7.98. The molecule has 0 aromatic heterocycles. The largest absolute Gasteiger partial charge is 0.289 e. The Morgan fingerprint density at radius 1 is 1.10 bits per heavy atom. The van der Waals surface area contributed by atoms with Gasteiger partial charge in [-0.25, -0.2) is 0 Å². The second-order valence-corrected chi connectivity index (χ2v) is 5.82. The lowest BCUT2D eigenvalue weighted by Crippen LogP contribution is -1.93. The maximum absolute atomic E-state index is 12.0. The van der Waals surface area contributed by atoms with E-state index in [4.69, 9.17) is 23.2 Å². The van der Waals surface area contributed by atoms with Crippen LogP contribution in [0.15, 0.2) is 53.4 Å². The molecule has 2 aromatic carbocycles. The van der Waals surface area contributed by atoms with Crippen LogP contribution in [-0.4, -0.2) is 12.0 Å². The minimum absolute atomic E-state index is 0.0614. The fourth-order valence-corrected chi connectivity index (χ4v) is 2.43. The van der Waals surface area contributed by atoms with Crippen molar-refractivity contribution >= 4 is 46.8 Å². The van der Waals surface area contributed by atoms with Gasteiger partial charge in [0.1, 0.15) is 0 Å². The van der Waals surface area contributed by atoms with Crippen LogP contribution in [0.2, 0.25) is 10.0 Å². The number of rotatable bonds is 4. The highest BCUT2D eigenvalue weighted by Gasteiger charge is 2.03. The van der Waals surface area contributed by atoms with E-state index >= 15 is 0 Å². The average Bonchev–Trinajstić information content (AvgIpc) is 2.48. The summed E-state index contributed by atoms with van der Waals surface area (Å²) >= 11 is 13.6. The molecule has 0 spiro atoms. The van der Waals surface area contributed by atoms with Crippen molar-refractivity contribution in [3.05, 3.63) is 69.7 Å². The Hall–Kier alpha value is -1.22. The fraction of sp³-hybridized carbons (Fsp3) is 0.0625. The van der Waals surface area contributed by atoms with Crippen molar-refractivity contribution in [2.45, 2.75) is 4.90 Å². The van der Waals surface area contributed by atoms with E-state index in [-0.39, 0.29) is 5.78 Å². The maximum Gasteiger partial charge on any atom is 0.185 e. The van der Waals surface area contributed by atoms with Crippen molar-refractivity contribution in [2.75, 3.05) is 6.26 Å². The van der Waals surface area contributed by atoms with Gasteiger partial charge in [-0.1, -0.05) is 23.2 Å². The van der Waals surface area contributed by atoms with Gasteiger partial charge in [0.2, 0.25) is 0 Å². The van der Waals surface area contributed by atoms with Crippen LogP contribution in [-0.2, 0) is 0 Å². The van der Waals surface area contributed by atoms with Crippen molar-refractivity contribution < 1.29 is 4.79 Å². The molecule has 1 nitrogen and oxygen atoms in total. The fourth-order valence-electron chi connectivity index (χ4n) is 1.66. The SMILES string of the molecule is CSc1ccc(C(=O)/C=C/c2cc(Cl)ccc2Cl)cc1. The third-order valence-corrected chi connectivity index (χ3v) is 4.07. The molecule has 0 bridgehead atoms. The molecule has 0 heterocycles. The van der Waals surface area contributed by atoms with Gasteiger partial charge in [0.25, 0.3) is 0 Å². The minimum atomic E-state index is -0.0614. The third-order valence-electron chi connectivity index (χ3n) is 2.75. The molecule has 0 amide bonds. The van der Waals surface area contributed by atoms with Crippen molar-refractivity contribution in [2.24, 2.45) is 0 Å². The van der Waals surface area contributed by atoms with Crippen molar-refractivity contribution in [1.29, 1.82) is 0 Å². The van der Waals surface area contributed by atoms with Crippen LogP contribution in [0, 0.1) is 0 Å². The number of hydrogen-bond donors (Lipinski definition) is 0. The maximum atomic E-state index is 12.0. The molecule has 0 aliphatic heterocycles. The Balaban J connectivity index is 2.17. The lowest BCUT2D eigenvalue weighted by Gasteiger charge is -2.00. The molecule has 0 N–H and O–H groups in total. The zero-order valence-corrected chi connectivity index (χ0v) is 13.1. The Morgan fingerprint density at radius 3 is 2.45 bits per heavy atom. The quantitative estimate of drug-likeness (QED) is 0.413. The van der Waals surface area contributed by atoms with Gasteiger partial charge in [0, 0.05) is 20.5 Å². The van der Waals surface area contributed by atoms with Gasteiger partial charge in [0.15, 0.2) is 5.78 Å². The summed E-state index contributed by atoms with van der Waals surface area (Å²) in [6.45, 7) is 0. The number of benzene rings is 2. The molecule has 0 aliphatic carbocycles. The normalized spacial score (nSPS) is 10.9. The molecule has 0 saturated carbocycles. The van der Waals surface area contributed by atoms with Crippen LogP contribution in [0.3, 0.4) is 0 Å². The van der Waals surface area contributed by atoms with Gasteiger partial charge in [0.05, 0.1) is 0 Å². The van der Waals surface area contributed by atoms with Crippen LogP contribution in [0.4, 0.5) is 0 Å². The first-order valence-corrected chi connectivity index (χ1v) is 7.90. The molecule has 0 radical (unpaired) electrons. The highest BCUT2D eigenvalue weighted by atomic mass is 35.5. The van der Waals surface area contributed by atoms with Crippen LogP contribution in [0.25, 0.3) is 6.08 Å². The zero-order chi connectivity index (χ0) is 14.5. The zero-order valence-electron chi connectivity index (χ0n) is 10.8. The number of ketones is 1. The second kappa shape index (κ2) is 6.98. The van der Waals surface area contributed by atoms with E-state index in [2.05, 4.69) is 0 Å². The van der Waals surface area contributed by atoms with E-state index in [0.717, 1.165) is 10.5 Å². The van der Waals surface area contributed by atoms with Gasteiger partial charge in [-0.05, 0) is 66.4 Å². The predicted octanol–water partition coefficient (Wildman–Crippen LogP) is 5.61. The summed E-state index contributed by atoms with van der Waals surface area (Å²) in [6, 6.07) is 12.6. The van der Waals surface area contributed by atoms with E-state index in [1.54, 1.807) is 36.0 Å². The molecule has 0 aliphatic rings. The van der Waals surface area contributed by atoms with E-state index in [9.17, 15) is 4.79 Å². The lowest BCUT2D eigenvalue weighted by molar-refractivity contribution is 0.104. The van der Waals surface area contributed by atoms with E-state index in [0.29, 0.717) is 15.6 Å². The molecule has 2 rings (SSSR count). The monoisotopic (exact) mass is 322 g/mol. The van der Waals surface area contributed by atoms with Crippen molar-refractivity contribution in [3.63, 3.8) is 0 Å². The van der Waals surface area contributed by atoms with Crippen molar-refractivity contribution in [1.82, 2.24) is 0 Å². The third kappa shape index (κ3) is 3.89. The molecule has 4 heteroatoms. The summed E-state index contributed by atoms with van der Waals surface area (Å²) in [5, 5.41) is 1.15.